The number of aliphatic hydroxyl groups is 1. The fourth-order valence-corrected chi connectivity index (χ4v) is 1.07. The quantitative estimate of drug-likeness (QED) is 0.703. The standard InChI is InChI=1S/C9H12FNO/c10-9-2-1-7(3-4-12)5-8(9)6-11/h1-2,5,12H,3-4,6,11H2. The highest BCUT2D eigenvalue weighted by Gasteiger charge is 2.00. The average molecular weight is 169 g/mol. The van der Waals surface area contributed by atoms with Crippen LogP contribution in [0.15, 0.2) is 18.2 Å². The highest BCUT2D eigenvalue weighted by atomic mass is 19.1. The molecular weight excluding hydrogens is 157 g/mol. The molecule has 0 unspecified atom stereocenters. The molecule has 0 heterocycles. The van der Waals surface area contributed by atoms with Crippen molar-refractivity contribution in [2.24, 2.45) is 5.73 Å². The summed E-state index contributed by atoms with van der Waals surface area (Å²) in [7, 11) is 0. The van der Waals surface area contributed by atoms with Crippen molar-refractivity contribution in [2.75, 3.05) is 6.61 Å². The Morgan fingerprint density at radius 1 is 1.42 bits per heavy atom. The van der Waals surface area contributed by atoms with Crippen molar-refractivity contribution < 1.29 is 9.50 Å². The molecule has 0 bridgehead atoms. The Labute approximate surface area is 70.8 Å². The highest BCUT2D eigenvalue weighted by Crippen LogP contribution is 2.10. The molecule has 12 heavy (non-hydrogen) atoms. The van der Waals surface area contributed by atoms with Crippen molar-refractivity contribution >= 4 is 0 Å². The van der Waals surface area contributed by atoms with Gasteiger partial charge in [-0.2, -0.15) is 0 Å². The normalized spacial score (nSPS) is 10.2. The van der Waals surface area contributed by atoms with Gasteiger partial charge in [-0.05, 0) is 18.1 Å². The smallest absolute Gasteiger partial charge is 0.127 e. The van der Waals surface area contributed by atoms with E-state index in [1.54, 1.807) is 12.1 Å². The maximum atomic E-state index is 12.9. The number of aliphatic hydroxyl groups excluding tert-OH is 1. The molecule has 0 atom stereocenters. The minimum atomic E-state index is -0.279. The zero-order chi connectivity index (χ0) is 8.97. The Morgan fingerprint density at radius 3 is 2.75 bits per heavy atom. The summed E-state index contributed by atoms with van der Waals surface area (Å²) in [6, 6.07) is 4.73. The largest absolute Gasteiger partial charge is 0.396 e. The number of hydrogen-bond acceptors (Lipinski definition) is 2. The van der Waals surface area contributed by atoms with Crippen LogP contribution in [0.3, 0.4) is 0 Å². The minimum Gasteiger partial charge on any atom is -0.396 e. The van der Waals surface area contributed by atoms with E-state index in [1.165, 1.54) is 6.07 Å². The monoisotopic (exact) mass is 169 g/mol. The molecule has 3 heteroatoms. The summed E-state index contributed by atoms with van der Waals surface area (Å²) in [6.07, 6.45) is 0.549. The number of hydrogen-bond donors (Lipinski definition) is 2. The van der Waals surface area contributed by atoms with E-state index < -0.39 is 0 Å². The summed E-state index contributed by atoms with van der Waals surface area (Å²) in [5, 5.41) is 8.63. The van der Waals surface area contributed by atoms with Crippen LogP contribution >= 0.6 is 0 Å². The van der Waals surface area contributed by atoms with Crippen LogP contribution in [-0.4, -0.2) is 11.7 Å². The summed E-state index contributed by atoms with van der Waals surface area (Å²) < 4.78 is 12.9. The van der Waals surface area contributed by atoms with Gasteiger partial charge in [-0.1, -0.05) is 12.1 Å². The Balaban J connectivity index is 2.89. The highest BCUT2D eigenvalue weighted by molar-refractivity contribution is 5.25. The van der Waals surface area contributed by atoms with Crippen molar-refractivity contribution in [3.05, 3.63) is 35.1 Å². The summed E-state index contributed by atoms with van der Waals surface area (Å²) in [4.78, 5) is 0. The van der Waals surface area contributed by atoms with Gasteiger partial charge in [0, 0.05) is 18.7 Å². The molecule has 0 saturated carbocycles. The Kier molecular flexibility index (Phi) is 3.19. The van der Waals surface area contributed by atoms with Crippen LogP contribution in [0.25, 0.3) is 0 Å². The van der Waals surface area contributed by atoms with E-state index in [1.807, 2.05) is 0 Å². The van der Waals surface area contributed by atoms with Gasteiger partial charge in [-0.3, -0.25) is 0 Å². The Bertz CT molecular complexity index is 263. The molecule has 0 saturated heterocycles. The Hall–Kier alpha value is -0.930. The van der Waals surface area contributed by atoms with Crippen molar-refractivity contribution in [2.45, 2.75) is 13.0 Å². The predicted molar refractivity (Wildman–Crippen MR) is 45.1 cm³/mol. The molecule has 66 valence electrons. The van der Waals surface area contributed by atoms with Crippen LogP contribution in [0, 0.1) is 5.82 Å². The first-order valence-corrected chi connectivity index (χ1v) is 3.86. The lowest BCUT2D eigenvalue weighted by molar-refractivity contribution is 0.299. The van der Waals surface area contributed by atoms with Gasteiger partial charge in [0.15, 0.2) is 0 Å². The summed E-state index contributed by atoms with van der Waals surface area (Å²) in [5.41, 5.74) is 6.73. The lowest BCUT2D eigenvalue weighted by atomic mass is 10.1. The molecule has 0 aliphatic carbocycles. The maximum absolute atomic E-state index is 12.9. The zero-order valence-electron chi connectivity index (χ0n) is 6.76. The lowest BCUT2D eigenvalue weighted by Crippen LogP contribution is -2.01. The molecule has 0 spiro atoms. The van der Waals surface area contributed by atoms with E-state index in [2.05, 4.69) is 0 Å². The van der Waals surface area contributed by atoms with E-state index in [4.69, 9.17) is 10.8 Å². The van der Waals surface area contributed by atoms with Crippen LogP contribution in [0.1, 0.15) is 11.1 Å². The first kappa shape index (κ1) is 9.16. The average Bonchev–Trinajstić information content (AvgIpc) is 2.09. The molecule has 0 aliphatic heterocycles. The molecule has 1 aromatic rings. The number of rotatable bonds is 3. The molecule has 3 N–H and O–H groups in total. The van der Waals surface area contributed by atoms with Gasteiger partial charge in [0.2, 0.25) is 0 Å². The Morgan fingerprint density at radius 2 is 2.17 bits per heavy atom. The van der Waals surface area contributed by atoms with Crippen LogP contribution in [0.2, 0.25) is 0 Å². The first-order valence-electron chi connectivity index (χ1n) is 3.86. The molecule has 0 aromatic heterocycles. The maximum Gasteiger partial charge on any atom is 0.127 e. The van der Waals surface area contributed by atoms with Gasteiger partial charge >= 0.3 is 0 Å². The van der Waals surface area contributed by atoms with Gasteiger partial charge in [0.05, 0.1) is 0 Å². The summed E-state index contributed by atoms with van der Waals surface area (Å²) >= 11 is 0. The van der Waals surface area contributed by atoms with Gasteiger partial charge < -0.3 is 10.8 Å². The van der Waals surface area contributed by atoms with E-state index in [9.17, 15) is 4.39 Å². The van der Waals surface area contributed by atoms with E-state index in [-0.39, 0.29) is 19.0 Å². The lowest BCUT2D eigenvalue weighted by Gasteiger charge is -2.02. The van der Waals surface area contributed by atoms with Crippen molar-refractivity contribution in [1.82, 2.24) is 0 Å². The molecule has 1 aromatic carbocycles. The first-order chi connectivity index (χ1) is 5.77. The van der Waals surface area contributed by atoms with Gasteiger partial charge in [0.1, 0.15) is 5.82 Å². The number of benzene rings is 1. The molecular formula is C9H12FNO. The summed E-state index contributed by atoms with van der Waals surface area (Å²) in [6.45, 7) is 0.279. The minimum absolute atomic E-state index is 0.0790. The molecule has 2 nitrogen and oxygen atoms in total. The van der Waals surface area contributed by atoms with Crippen molar-refractivity contribution in [3.63, 3.8) is 0 Å². The fraction of sp³-hybridized carbons (Fsp3) is 0.333. The molecule has 1 rings (SSSR count). The third-order valence-electron chi connectivity index (χ3n) is 1.73. The predicted octanol–water partition coefficient (Wildman–Crippen LogP) is 0.819. The molecule has 0 fully saturated rings. The van der Waals surface area contributed by atoms with E-state index in [0.29, 0.717) is 12.0 Å². The second-order valence-corrected chi connectivity index (χ2v) is 2.60. The SMILES string of the molecule is NCc1cc(CCO)ccc1F. The van der Waals surface area contributed by atoms with Crippen molar-refractivity contribution in [1.29, 1.82) is 0 Å². The van der Waals surface area contributed by atoms with Gasteiger partial charge in [-0.25, -0.2) is 4.39 Å². The third kappa shape index (κ3) is 2.03. The fourth-order valence-electron chi connectivity index (χ4n) is 1.07. The second-order valence-electron chi connectivity index (χ2n) is 2.60. The molecule has 0 amide bonds. The summed E-state index contributed by atoms with van der Waals surface area (Å²) in [5.74, 6) is -0.279. The van der Waals surface area contributed by atoms with Crippen molar-refractivity contribution in [3.8, 4) is 0 Å². The molecule has 0 radical (unpaired) electrons. The second kappa shape index (κ2) is 4.18. The van der Waals surface area contributed by atoms with Gasteiger partial charge in [0.25, 0.3) is 0 Å². The third-order valence-corrected chi connectivity index (χ3v) is 1.73. The van der Waals surface area contributed by atoms with Crippen LogP contribution in [0.4, 0.5) is 4.39 Å². The zero-order valence-corrected chi connectivity index (χ0v) is 6.76. The molecule has 0 aliphatic rings. The van der Waals surface area contributed by atoms with Crippen LogP contribution in [0.5, 0.6) is 0 Å². The van der Waals surface area contributed by atoms with Crippen LogP contribution < -0.4 is 5.73 Å². The number of nitrogens with two attached hydrogens (primary N) is 1. The number of halogens is 1. The van der Waals surface area contributed by atoms with E-state index in [0.717, 1.165) is 5.56 Å². The van der Waals surface area contributed by atoms with Crippen LogP contribution in [-0.2, 0) is 13.0 Å². The van der Waals surface area contributed by atoms with Gasteiger partial charge in [-0.15, -0.1) is 0 Å². The topological polar surface area (TPSA) is 46.2 Å². The van der Waals surface area contributed by atoms with E-state index >= 15 is 0 Å².